The average molecular weight is 527 g/mol. The summed E-state index contributed by atoms with van der Waals surface area (Å²) in [5.74, 6) is 2.19. The van der Waals surface area contributed by atoms with Crippen molar-refractivity contribution in [1.82, 2.24) is 24.6 Å². The molecule has 2 aromatic heterocycles. The number of nitrogens with zero attached hydrogens (tertiary/aromatic N) is 4. The fourth-order valence-corrected chi connectivity index (χ4v) is 7.50. The van der Waals surface area contributed by atoms with Crippen LogP contribution in [0.5, 0.6) is 5.75 Å². The van der Waals surface area contributed by atoms with Gasteiger partial charge in [0.15, 0.2) is 0 Å². The molecule has 3 saturated heterocycles. The summed E-state index contributed by atoms with van der Waals surface area (Å²) in [4.78, 5) is 39.7. The lowest BCUT2D eigenvalue weighted by Crippen LogP contribution is -2.33. The van der Waals surface area contributed by atoms with Crippen LogP contribution in [0.2, 0.25) is 0 Å². The topological polar surface area (TPSA) is 99.3 Å². The standard InChI is InChI=1S/C30H34N6O3/c1-17-11-21-16-34(17)9-10-36-30(38)23-4-2-3-22(26(23)33-36)27-29(37)31-24-12-20(13-25(39-21)28(24)32-27)35-14-18-5-6-19(15-35)8-7-18/h2-4,12-13,17-19,21,33H,5-11,14-16H2,1H3,(H,31,37)/t17-,18?,19?,21?/m1/s1. The van der Waals surface area contributed by atoms with Gasteiger partial charge in [-0.15, -0.1) is 0 Å². The lowest BCUT2D eigenvalue weighted by molar-refractivity contribution is 0.195. The second-order valence-corrected chi connectivity index (χ2v) is 12.2. The molecule has 202 valence electrons. The molecule has 5 aliphatic rings. The van der Waals surface area contributed by atoms with Gasteiger partial charge in [-0.2, -0.15) is 0 Å². The van der Waals surface area contributed by atoms with Gasteiger partial charge < -0.3 is 14.6 Å². The van der Waals surface area contributed by atoms with Crippen LogP contribution < -0.4 is 20.8 Å². The van der Waals surface area contributed by atoms with E-state index >= 15 is 0 Å². The fraction of sp³-hybridized carbons (Fsp3) is 0.500. The maximum absolute atomic E-state index is 13.5. The summed E-state index contributed by atoms with van der Waals surface area (Å²) >= 11 is 0. The molecule has 2 unspecified atom stereocenters. The normalized spacial score (nSPS) is 28.2. The molecule has 3 atom stereocenters. The third-order valence-electron chi connectivity index (χ3n) is 9.65. The molecule has 1 saturated carbocycles. The van der Waals surface area contributed by atoms with Gasteiger partial charge in [-0.25, -0.2) is 4.98 Å². The molecule has 1 aliphatic carbocycles. The molecule has 9 heteroatoms. The SMILES string of the molecule is C[C@@H]1CC2CN1CCn1[nH]c3c(cccc3c1=O)-c1nc3c(cc(N4CC5CCC(CC5)C4)cc3[nH]c1=O)O2. The second-order valence-electron chi connectivity index (χ2n) is 12.2. The van der Waals surface area contributed by atoms with Crippen LogP contribution >= 0.6 is 0 Å². The summed E-state index contributed by atoms with van der Waals surface area (Å²) in [6, 6.07) is 10.1. The van der Waals surface area contributed by atoms with Crippen LogP contribution in [0.15, 0.2) is 39.9 Å². The quantitative estimate of drug-likeness (QED) is 0.392. The number of aromatic nitrogens is 4. The molecule has 8 bridgehead atoms. The van der Waals surface area contributed by atoms with Crippen LogP contribution in [0, 0.1) is 11.8 Å². The van der Waals surface area contributed by atoms with Gasteiger partial charge in [0.1, 0.15) is 23.1 Å². The Kier molecular flexibility index (Phi) is 5.21. The first-order valence-electron chi connectivity index (χ1n) is 14.5. The van der Waals surface area contributed by atoms with Crippen molar-refractivity contribution in [1.29, 1.82) is 0 Å². The lowest BCUT2D eigenvalue weighted by Gasteiger charge is -2.26. The predicted molar refractivity (Wildman–Crippen MR) is 152 cm³/mol. The Morgan fingerprint density at radius 1 is 1.00 bits per heavy atom. The number of hydrogen-bond donors (Lipinski definition) is 2. The predicted octanol–water partition coefficient (Wildman–Crippen LogP) is 3.71. The van der Waals surface area contributed by atoms with E-state index in [4.69, 9.17) is 9.72 Å². The molecule has 39 heavy (non-hydrogen) atoms. The Bertz CT molecular complexity index is 1700. The van der Waals surface area contributed by atoms with Crippen LogP contribution in [-0.4, -0.2) is 63.0 Å². The van der Waals surface area contributed by atoms with E-state index in [0.717, 1.165) is 55.9 Å². The van der Waals surface area contributed by atoms with E-state index < -0.39 is 0 Å². The highest BCUT2D eigenvalue weighted by Gasteiger charge is 2.33. The van der Waals surface area contributed by atoms with Crippen LogP contribution in [-0.2, 0) is 6.54 Å². The highest BCUT2D eigenvalue weighted by atomic mass is 16.5. The summed E-state index contributed by atoms with van der Waals surface area (Å²) in [6.07, 6.45) is 6.16. The minimum Gasteiger partial charge on any atom is -0.487 e. The minimum atomic E-state index is -0.268. The third kappa shape index (κ3) is 3.81. The van der Waals surface area contributed by atoms with Gasteiger partial charge in [0.25, 0.3) is 11.1 Å². The highest BCUT2D eigenvalue weighted by Crippen LogP contribution is 2.39. The Morgan fingerprint density at radius 3 is 2.59 bits per heavy atom. The zero-order chi connectivity index (χ0) is 26.2. The van der Waals surface area contributed by atoms with Crippen LogP contribution in [0.1, 0.15) is 39.0 Å². The number of H-pyrrole nitrogens is 2. The molecule has 4 fully saturated rings. The maximum atomic E-state index is 13.5. The molecule has 4 aliphatic heterocycles. The number of fused-ring (bicyclic) bond motifs is 9. The number of ether oxygens (including phenoxy) is 1. The first kappa shape index (κ1) is 23.3. The first-order valence-corrected chi connectivity index (χ1v) is 14.5. The molecular weight excluding hydrogens is 492 g/mol. The molecule has 0 amide bonds. The van der Waals surface area contributed by atoms with Gasteiger partial charge >= 0.3 is 0 Å². The van der Waals surface area contributed by atoms with E-state index in [1.807, 2.05) is 18.2 Å². The molecule has 2 N–H and O–H groups in total. The second kappa shape index (κ2) is 8.71. The summed E-state index contributed by atoms with van der Waals surface area (Å²) < 4.78 is 8.41. The smallest absolute Gasteiger partial charge is 0.275 e. The van der Waals surface area contributed by atoms with Crippen molar-refractivity contribution < 1.29 is 4.74 Å². The van der Waals surface area contributed by atoms with Crippen molar-refractivity contribution in [2.75, 3.05) is 31.1 Å². The van der Waals surface area contributed by atoms with Crippen molar-refractivity contribution in [3.8, 4) is 17.0 Å². The largest absolute Gasteiger partial charge is 0.487 e. The number of benzene rings is 2. The Hall–Kier alpha value is -3.59. The van der Waals surface area contributed by atoms with E-state index in [0.29, 0.717) is 45.8 Å². The van der Waals surface area contributed by atoms with Gasteiger partial charge in [-0.3, -0.25) is 24.3 Å². The number of rotatable bonds is 1. The van der Waals surface area contributed by atoms with E-state index in [2.05, 4.69) is 38.9 Å². The average Bonchev–Trinajstić information content (AvgIpc) is 3.26. The molecule has 4 aromatic rings. The zero-order valence-electron chi connectivity index (χ0n) is 22.3. The summed E-state index contributed by atoms with van der Waals surface area (Å²) in [7, 11) is 0. The van der Waals surface area contributed by atoms with E-state index in [9.17, 15) is 9.59 Å². The molecule has 9 nitrogen and oxygen atoms in total. The summed E-state index contributed by atoms with van der Waals surface area (Å²) in [6.45, 7) is 6.42. The molecule has 2 aromatic carbocycles. The molecule has 0 spiro atoms. The molecular formula is C30H34N6O3. The lowest BCUT2D eigenvalue weighted by atomic mass is 9.84. The van der Waals surface area contributed by atoms with Crippen LogP contribution in [0.25, 0.3) is 33.2 Å². The van der Waals surface area contributed by atoms with Crippen molar-refractivity contribution in [2.24, 2.45) is 11.8 Å². The number of hydrogen-bond acceptors (Lipinski definition) is 6. The maximum Gasteiger partial charge on any atom is 0.275 e. The summed E-state index contributed by atoms with van der Waals surface area (Å²) in [5, 5.41) is 3.86. The first-order chi connectivity index (χ1) is 19.0. The van der Waals surface area contributed by atoms with Crippen LogP contribution in [0.3, 0.4) is 0 Å². The molecule has 9 rings (SSSR count). The summed E-state index contributed by atoms with van der Waals surface area (Å²) in [5.41, 5.74) is 3.68. The monoisotopic (exact) mass is 526 g/mol. The minimum absolute atomic E-state index is 0.0118. The van der Waals surface area contributed by atoms with Gasteiger partial charge in [-0.05, 0) is 56.6 Å². The number of anilines is 1. The van der Waals surface area contributed by atoms with Crippen LogP contribution in [0.4, 0.5) is 5.69 Å². The van der Waals surface area contributed by atoms with Crippen molar-refractivity contribution in [2.45, 2.75) is 57.7 Å². The Balaban J connectivity index is 1.34. The van der Waals surface area contributed by atoms with Gasteiger partial charge in [-0.1, -0.05) is 12.1 Å². The van der Waals surface area contributed by atoms with Gasteiger partial charge in [0, 0.05) is 56.0 Å². The van der Waals surface area contributed by atoms with Crippen molar-refractivity contribution in [3.05, 3.63) is 51.0 Å². The third-order valence-corrected chi connectivity index (χ3v) is 9.65. The van der Waals surface area contributed by atoms with Gasteiger partial charge in [0.2, 0.25) is 0 Å². The van der Waals surface area contributed by atoms with E-state index in [-0.39, 0.29) is 17.2 Å². The number of para-hydroxylation sites is 1. The number of aromatic amines is 2. The van der Waals surface area contributed by atoms with E-state index in [1.54, 1.807) is 4.68 Å². The Labute approximate surface area is 225 Å². The van der Waals surface area contributed by atoms with Crippen molar-refractivity contribution >= 4 is 27.6 Å². The van der Waals surface area contributed by atoms with Crippen molar-refractivity contribution in [3.63, 3.8) is 0 Å². The fourth-order valence-electron chi connectivity index (χ4n) is 7.50. The van der Waals surface area contributed by atoms with Gasteiger partial charge in [0.05, 0.1) is 23.0 Å². The Morgan fingerprint density at radius 2 is 1.79 bits per heavy atom. The molecule has 6 heterocycles. The number of nitrogens with one attached hydrogen (secondary N) is 2. The van der Waals surface area contributed by atoms with E-state index in [1.165, 1.54) is 25.7 Å². The zero-order valence-corrected chi connectivity index (χ0v) is 22.3. The molecule has 0 radical (unpaired) electrons. The highest BCUT2D eigenvalue weighted by molar-refractivity contribution is 5.94.